The van der Waals surface area contributed by atoms with Crippen LogP contribution in [-0.4, -0.2) is 23.1 Å². The maximum Gasteiger partial charge on any atom is 0.294 e. The van der Waals surface area contributed by atoms with Crippen LogP contribution in [0.3, 0.4) is 0 Å². The molecule has 116 valence electrons. The zero-order valence-corrected chi connectivity index (χ0v) is 12.5. The summed E-state index contributed by atoms with van der Waals surface area (Å²) >= 11 is 0. The van der Waals surface area contributed by atoms with Crippen molar-refractivity contribution >= 4 is 32.4 Å². The lowest BCUT2D eigenvalue weighted by Crippen LogP contribution is -1.97. The summed E-state index contributed by atoms with van der Waals surface area (Å²) in [5.41, 5.74) is 0.163. The Balaban J connectivity index is 2.09. The molecule has 0 aliphatic rings. The third-order valence-electron chi connectivity index (χ3n) is 3.15. The van der Waals surface area contributed by atoms with Crippen LogP contribution in [0.1, 0.15) is 0 Å². The molecule has 0 saturated carbocycles. The van der Waals surface area contributed by atoms with Gasteiger partial charge in [-0.1, -0.05) is 18.2 Å². The highest BCUT2D eigenvalue weighted by molar-refractivity contribution is 7.85. The Hall–Kier alpha value is -2.84. The lowest BCUT2D eigenvalue weighted by Gasteiger charge is -2.05. The van der Waals surface area contributed by atoms with E-state index in [1.54, 1.807) is 36.5 Å². The third kappa shape index (κ3) is 3.17. The van der Waals surface area contributed by atoms with Crippen LogP contribution in [0.25, 0.3) is 10.8 Å². The van der Waals surface area contributed by atoms with Crippen molar-refractivity contribution in [2.24, 2.45) is 10.2 Å². The number of hydrogen-bond acceptors (Lipinski definition) is 6. The zero-order valence-electron chi connectivity index (χ0n) is 11.7. The van der Waals surface area contributed by atoms with Gasteiger partial charge in [-0.25, -0.2) is 4.98 Å². The van der Waals surface area contributed by atoms with E-state index in [-0.39, 0.29) is 21.7 Å². The number of aromatic nitrogens is 1. The number of fused-ring (bicyclic) bond motifs is 1. The SMILES string of the molecule is O=S(=O)(O)c1ccc2ccc(N=Nc3ccccn3)c(O)c2c1. The Bertz CT molecular complexity index is 1000. The fourth-order valence-electron chi connectivity index (χ4n) is 2.03. The van der Waals surface area contributed by atoms with Gasteiger partial charge in [0.15, 0.2) is 11.6 Å². The van der Waals surface area contributed by atoms with Gasteiger partial charge in [-0.15, -0.1) is 10.2 Å². The van der Waals surface area contributed by atoms with E-state index < -0.39 is 10.1 Å². The van der Waals surface area contributed by atoms with E-state index in [1.165, 1.54) is 18.2 Å². The van der Waals surface area contributed by atoms with Gasteiger partial charge in [0.05, 0.1) is 4.90 Å². The van der Waals surface area contributed by atoms with Crippen molar-refractivity contribution in [3.8, 4) is 5.75 Å². The summed E-state index contributed by atoms with van der Waals surface area (Å²) in [7, 11) is -4.35. The Labute approximate surface area is 131 Å². The van der Waals surface area contributed by atoms with Crippen molar-refractivity contribution in [3.05, 3.63) is 54.7 Å². The summed E-state index contributed by atoms with van der Waals surface area (Å²) in [6.07, 6.45) is 1.56. The van der Waals surface area contributed by atoms with E-state index in [0.717, 1.165) is 0 Å². The molecule has 0 radical (unpaired) electrons. The van der Waals surface area contributed by atoms with E-state index >= 15 is 0 Å². The monoisotopic (exact) mass is 329 g/mol. The summed E-state index contributed by atoms with van der Waals surface area (Å²) in [5, 5.41) is 18.9. The molecule has 0 saturated heterocycles. The molecular weight excluding hydrogens is 318 g/mol. The molecule has 0 unspecified atom stereocenters. The number of hydrogen-bond donors (Lipinski definition) is 2. The Morgan fingerprint density at radius 1 is 1.00 bits per heavy atom. The molecule has 7 nitrogen and oxygen atoms in total. The predicted octanol–water partition coefficient (Wildman–Crippen LogP) is 3.60. The first-order valence-corrected chi connectivity index (χ1v) is 7.95. The van der Waals surface area contributed by atoms with Crippen molar-refractivity contribution in [2.45, 2.75) is 4.90 Å². The van der Waals surface area contributed by atoms with Gasteiger partial charge in [-0.2, -0.15) is 8.42 Å². The average molecular weight is 329 g/mol. The molecule has 0 spiro atoms. The second-order valence-corrected chi connectivity index (χ2v) is 6.10. The van der Waals surface area contributed by atoms with Crippen LogP contribution in [0.2, 0.25) is 0 Å². The molecule has 8 heteroatoms. The molecule has 1 heterocycles. The maximum absolute atomic E-state index is 11.2. The number of azo groups is 1. The minimum absolute atomic E-state index is 0.163. The van der Waals surface area contributed by atoms with Crippen LogP contribution in [0, 0.1) is 0 Å². The van der Waals surface area contributed by atoms with Gasteiger partial charge in [-0.3, -0.25) is 4.55 Å². The lowest BCUT2D eigenvalue weighted by molar-refractivity contribution is 0.481. The van der Waals surface area contributed by atoms with Crippen LogP contribution in [0.15, 0.2) is 69.9 Å². The van der Waals surface area contributed by atoms with Gasteiger partial charge in [0.1, 0.15) is 5.69 Å². The van der Waals surface area contributed by atoms with Gasteiger partial charge < -0.3 is 5.11 Å². The number of benzene rings is 2. The quantitative estimate of drug-likeness (QED) is 0.563. The molecule has 0 aliphatic carbocycles. The van der Waals surface area contributed by atoms with E-state index in [1.807, 2.05) is 0 Å². The first kappa shape index (κ1) is 15.1. The molecule has 23 heavy (non-hydrogen) atoms. The van der Waals surface area contributed by atoms with Gasteiger partial charge in [0, 0.05) is 11.6 Å². The number of rotatable bonds is 3. The topological polar surface area (TPSA) is 112 Å². The summed E-state index contributed by atoms with van der Waals surface area (Å²) in [5.74, 6) is 0.145. The van der Waals surface area contributed by atoms with Crippen LogP contribution >= 0.6 is 0 Å². The normalized spacial score (nSPS) is 12.0. The molecule has 0 bridgehead atoms. The second kappa shape index (κ2) is 5.75. The minimum Gasteiger partial charge on any atom is -0.505 e. The van der Waals surface area contributed by atoms with Gasteiger partial charge in [0.2, 0.25) is 0 Å². The van der Waals surface area contributed by atoms with E-state index in [0.29, 0.717) is 11.2 Å². The first-order chi connectivity index (χ1) is 10.9. The number of aromatic hydroxyl groups is 1. The highest BCUT2D eigenvalue weighted by Gasteiger charge is 2.13. The summed E-state index contributed by atoms with van der Waals surface area (Å²) in [6.45, 7) is 0. The van der Waals surface area contributed by atoms with Crippen molar-refractivity contribution in [1.29, 1.82) is 0 Å². The Morgan fingerprint density at radius 2 is 1.78 bits per heavy atom. The molecule has 0 atom stereocenters. The van der Waals surface area contributed by atoms with Crippen LogP contribution in [-0.2, 0) is 10.1 Å². The number of nitrogens with zero attached hydrogens (tertiary/aromatic N) is 3. The Morgan fingerprint density at radius 3 is 2.48 bits per heavy atom. The minimum atomic E-state index is -4.35. The van der Waals surface area contributed by atoms with Crippen LogP contribution in [0.4, 0.5) is 11.5 Å². The van der Waals surface area contributed by atoms with Crippen molar-refractivity contribution in [2.75, 3.05) is 0 Å². The van der Waals surface area contributed by atoms with Gasteiger partial charge in [0.25, 0.3) is 10.1 Å². The van der Waals surface area contributed by atoms with Crippen LogP contribution in [0.5, 0.6) is 5.75 Å². The average Bonchev–Trinajstić information content (AvgIpc) is 2.54. The lowest BCUT2D eigenvalue weighted by atomic mass is 10.1. The fraction of sp³-hybridized carbons (Fsp3) is 0. The van der Waals surface area contributed by atoms with Gasteiger partial charge >= 0.3 is 0 Å². The molecule has 1 aromatic heterocycles. The predicted molar refractivity (Wildman–Crippen MR) is 83.8 cm³/mol. The largest absolute Gasteiger partial charge is 0.505 e. The molecule has 0 fully saturated rings. The van der Waals surface area contributed by atoms with Gasteiger partial charge in [-0.05, 0) is 35.7 Å². The van der Waals surface area contributed by atoms with Crippen molar-refractivity contribution in [3.63, 3.8) is 0 Å². The maximum atomic E-state index is 11.2. The molecule has 2 aromatic carbocycles. The van der Waals surface area contributed by atoms with Crippen molar-refractivity contribution < 1.29 is 18.1 Å². The molecule has 0 amide bonds. The van der Waals surface area contributed by atoms with Crippen LogP contribution < -0.4 is 0 Å². The smallest absolute Gasteiger partial charge is 0.294 e. The molecule has 2 N–H and O–H groups in total. The highest BCUT2D eigenvalue weighted by Crippen LogP contribution is 2.36. The molecular formula is C15H11N3O4S. The van der Waals surface area contributed by atoms with Crippen molar-refractivity contribution in [1.82, 2.24) is 4.98 Å². The van der Waals surface area contributed by atoms with E-state index in [9.17, 15) is 13.5 Å². The molecule has 3 rings (SSSR count). The highest BCUT2D eigenvalue weighted by atomic mass is 32.2. The molecule has 0 aliphatic heterocycles. The standard InChI is InChI=1S/C15H11N3O4S/c19-15-12-9-11(23(20,21)22)6-4-10(12)5-7-13(15)17-18-14-3-1-2-8-16-14/h1-9,19H,(H,20,21,22). The summed E-state index contributed by atoms with van der Waals surface area (Å²) < 4.78 is 31.5. The third-order valence-corrected chi connectivity index (χ3v) is 4.00. The zero-order chi connectivity index (χ0) is 16.4. The number of phenols is 1. The Kier molecular flexibility index (Phi) is 3.77. The molecule has 3 aromatic rings. The fourth-order valence-corrected chi connectivity index (χ4v) is 2.54. The number of pyridine rings is 1. The summed E-state index contributed by atoms with van der Waals surface area (Å²) in [6, 6.07) is 12.3. The summed E-state index contributed by atoms with van der Waals surface area (Å²) in [4.78, 5) is 3.67. The van der Waals surface area contributed by atoms with E-state index in [4.69, 9.17) is 4.55 Å². The number of phenolic OH excluding ortho intramolecular Hbond substituents is 1. The second-order valence-electron chi connectivity index (χ2n) is 4.68. The first-order valence-electron chi connectivity index (χ1n) is 6.51. The van der Waals surface area contributed by atoms with E-state index in [2.05, 4.69) is 15.2 Å².